The number of rotatable bonds is 22. The van der Waals surface area contributed by atoms with Crippen LogP contribution in [0.15, 0.2) is 11.6 Å². The van der Waals surface area contributed by atoms with Gasteiger partial charge in [0.2, 0.25) is 12.2 Å². The lowest BCUT2D eigenvalue weighted by atomic mass is 9.33. The molecule has 7 saturated heterocycles. The molecular formula is C74H117NO38. The van der Waals surface area contributed by atoms with Crippen LogP contribution in [0.3, 0.4) is 0 Å². The topological polar surface area (TPSA) is 611 Å². The summed E-state index contributed by atoms with van der Waals surface area (Å²) in [6.45, 7) is 11.6. The van der Waals surface area contributed by atoms with Crippen molar-refractivity contribution >= 4 is 30.1 Å². The lowest BCUT2D eigenvalue weighted by molar-refractivity contribution is -0.391. The molecule has 0 aromatic rings. The molecule has 5 aliphatic carbocycles. The maximum atomic E-state index is 16.0. The summed E-state index contributed by atoms with van der Waals surface area (Å²) in [6.07, 6.45) is -53.0. The molecule has 4 saturated carbocycles. The van der Waals surface area contributed by atoms with Gasteiger partial charge < -0.3 is 173 Å². The van der Waals surface area contributed by atoms with E-state index in [9.17, 15) is 116 Å². The Labute approximate surface area is 651 Å². The van der Waals surface area contributed by atoms with Crippen LogP contribution in [0.4, 0.5) is 0 Å². The number of aldehydes is 1. The van der Waals surface area contributed by atoms with Crippen molar-refractivity contribution in [1.29, 1.82) is 0 Å². The Morgan fingerprint density at radius 3 is 1.81 bits per heavy atom. The number of aliphatic hydroxyl groups excluding tert-OH is 16. The molecule has 0 radical (unpaired) electrons. The largest absolute Gasteiger partial charge is 0.481 e. The maximum Gasteiger partial charge on any atom is 0.335 e. The van der Waals surface area contributed by atoms with Crippen LogP contribution >= 0.6 is 0 Å². The highest BCUT2D eigenvalue weighted by molar-refractivity contribution is 5.93. The molecule has 39 heteroatoms. The number of carboxylic acid groups (broad SMARTS) is 2. The van der Waals surface area contributed by atoms with Crippen molar-refractivity contribution in [3.63, 3.8) is 0 Å². The molecule has 646 valence electrons. The van der Waals surface area contributed by atoms with Gasteiger partial charge in [-0.15, -0.1) is 0 Å². The molecule has 12 aliphatic rings. The average Bonchev–Trinajstić information content (AvgIpc) is 0.829. The van der Waals surface area contributed by atoms with Crippen LogP contribution in [0.25, 0.3) is 0 Å². The lowest BCUT2D eigenvalue weighted by Gasteiger charge is -2.71. The predicted molar refractivity (Wildman–Crippen MR) is 372 cm³/mol. The van der Waals surface area contributed by atoms with E-state index in [0.717, 1.165) is 11.9 Å². The molecule has 0 spiro atoms. The van der Waals surface area contributed by atoms with Crippen LogP contribution in [-0.2, 0) is 90.3 Å². The minimum atomic E-state index is -2.25. The van der Waals surface area contributed by atoms with Crippen molar-refractivity contribution < 1.29 is 187 Å². The molecule has 41 atom stereocenters. The Hall–Kier alpha value is -3.91. The van der Waals surface area contributed by atoms with E-state index in [1.165, 1.54) is 6.92 Å². The fraction of sp³-hybridized carbons (Fsp3) is 0.905. The van der Waals surface area contributed by atoms with E-state index in [0.29, 0.717) is 38.5 Å². The Balaban J connectivity index is 0.0000126. The van der Waals surface area contributed by atoms with Crippen LogP contribution in [-0.4, -0.2) is 362 Å². The van der Waals surface area contributed by atoms with Gasteiger partial charge in [0.25, 0.3) is 0 Å². The minimum Gasteiger partial charge on any atom is -0.481 e. The zero-order valence-electron chi connectivity index (χ0n) is 63.4. The molecule has 39 nitrogen and oxygen atoms in total. The zero-order valence-corrected chi connectivity index (χ0v) is 63.4. The van der Waals surface area contributed by atoms with Gasteiger partial charge in [-0.25, -0.2) is 4.79 Å². The molecule has 0 bridgehead atoms. The summed E-state index contributed by atoms with van der Waals surface area (Å²) in [6, 6.07) is -1.72. The summed E-state index contributed by atoms with van der Waals surface area (Å²) in [4.78, 5) is 68.3. The number of carbonyl (C=O) groups is 5. The first-order valence-corrected chi connectivity index (χ1v) is 38.5. The quantitative estimate of drug-likeness (QED) is 0.0158. The maximum absolute atomic E-state index is 16.0. The molecule has 7 heterocycles. The average molecular weight is 1630 g/mol. The van der Waals surface area contributed by atoms with E-state index in [2.05, 4.69) is 25.2 Å². The van der Waals surface area contributed by atoms with E-state index >= 15 is 4.79 Å². The van der Waals surface area contributed by atoms with Crippen molar-refractivity contribution in [3.05, 3.63) is 11.6 Å². The molecule has 7 aliphatic heterocycles. The van der Waals surface area contributed by atoms with Gasteiger partial charge >= 0.3 is 17.9 Å². The number of hydrogen-bond donors (Lipinski definition) is 20. The van der Waals surface area contributed by atoms with Crippen LogP contribution in [0, 0.1) is 50.2 Å². The molecule has 0 aromatic carbocycles. The summed E-state index contributed by atoms with van der Waals surface area (Å²) >= 11 is 0. The summed E-state index contributed by atoms with van der Waals surface area (Å²) in [7, 11) is 0. The predicted octanol–water partition coefficient (Wildman–Crippen LogP) is -5.72. The SMILES string of the molecule is C.CC[C@]1(O)CO[C@@H](OC2C(O)[C@H](O[C@H]3C(C)O[C@@H](OC4C(O)[C@@H](NC(=O)CC(=O)O)[C@@H](CO)O[C@H]4OC(=O)[C@]45CCC(C)(C)CC4C4=CCC6C7(C)CC[C@H](O[C@@H]8OC(C(=O)O)[C@@H](O)[C@H](O[C@@H]9OC[C@@H](O)[C@H](O)C9O)C8O[C@@H]8OC(CO)[C@H](O)[C@H](O)C8O)[C@](C)(C=O)[C@@H]7CC[C@]6(C)[C@]4(C)CC5O)C(O)C3O)OC[C@H]2O)C1O. The van der Waals surface area contributed by atoms with Gasteiger partial charge in [-0.05, 0) is 111 Å². The van der Waals surface area contributed by atoms with Gasteiger partial charge in [-0.2, -0.15) is 0 Å². The standard InChI is InChI=1S/C73H113NO38.CH4/c1-9-72(98)26-101-65(57(72)94)107-52-31(79)24-100-60(50(52)93)106-51-27(2)102-61(48(91)45(51)88)110-55-43(86)40(74-38(81)18-39(82)83)32(21-75)103-63(55)112-66(97)73-17-16-67(3,4)19-29(73)28-10-11-35-68(5)14-13-37(69(6,25-77)34(68)12-15-70(35,7)71(28,8)20-36(73)80)105-64-56(111-62-47(90)44(87)42(85)33(22-76)104-62)53(49(92)54(109-64)58(95)96)108-59-46(89)41(84)30(78)23-99-59;/h10,25,27,29-37,40-57,59-65,75-76,78-80,84-94,98H,9,11-24,26H2,1-8H3,(H,74,81)(H,82,83)(H,95,96);1H4/t27?,29?,30-,31-,32-,33?,34-,35?,36?,37+,40+,41+,42+,43?,44+,45?,46?,47?,48?,49+,50?,51+,52?,53+,54?,55?,56?,57?,59+,60+,61+,62+,63+,64-,65+,68?,69-,70+,71-,72+,73-;/m1./s1. The number of hydrogen-bond acceptors (Lipinski definition) is 36. The molecule has 113 heavy (non-hydrogen) atoms. The summed E-state index contributed by atoms with van der Waals surface area (Å²) in [5.74, 6) is -7.14. The molecule has 0 aromatic heterocycles. The van der Waals surface area contributed by atoms with Gasteiger partial charge in [0, 0.05) is 0 Å². The first-order chi connectivity index (χ1) is 52.5. The number of fused-ring (bicyclic) bond motifs is 7. The first kappa shape index (κ1) is 89.9. The Kier molecular flexibility index (Phi) is 27.0. The fourth-order valence-corrected chi connectivity index (χ4v) is 20.8. The number of aliphatic carboxylic acids is 2. The molecule has 12 rings (SSSR count). The minimum absolute atomic E-state index is 0. The highest BCUT2D eigenvalue weighted by atomic mass is 16.8. The van der Waals surface area contributed by atoms with Crippen LogP contribution in [0.2, 0.25) is 0 Å². The second-order valence-electron chi connectivity index (χ2n) is 34.6. The number of allylic oxidation sites excluding steroid dienone is 2. The van der Waals surface area contributed by atoms with Crippen LogP contribution < -0.4 is 5.32 Å². The van der Waals surface area contributed by atoms with Crippen LogP contribution in [0.1, 0.15) is 133 Å². The van der Waals surface area contributed by atoms with Crippen molar-refractivity contribution in [1.82, 2.24) is 5.32 Å². The van der Waals surface area contributed by atoms with Crippen molar-refractivity contribution in [2.24, 2.45) is 50.2 Å². The third-order valence-corrected chi connectivity index (χ3v) is 27.6. The van der Waals surface area contributed by atoms with E-state index < -0.39 is 303 Å². The number of carboxylic acids is 2. The van der Waals surface area contributed by atoms with Crippen molar-refractivity contribution in [3.8, 4) is 0 Å². The van der Waals surface area contributed by atoms with Gasteiger partial charge in [-0.1, -0.05) is 67.5 Å². The molecule has 1 amide bonds. The molecule has 20 N–H and O–H groups in total. The Morgan fingerprint density at radius 2 is 1.18 bits per heavy atom. The highest BCUT2D eigenvalue weighted by Gasteiger charge is 2.73. The van der Waals surface area contributed by atoms with Gasteiger partial charge in [0.05, 0.1) is 62.8 Å². The monoisotopic (exact) mass is 1630 g/mol. The summed E-state index contributed by atoms with van der Waals surface area (Å²) < 4.78 is 84.1. The normalized spacial score (nSPS) is 51.7. The second kappa shape index (κ2) is 33.9. The van der Waals surface area contributed by atoms with Crippen LogP contribution in [0.5, 0.6) is 0 Å². The van der Waals surface area contributed by atoms with Crippen molar-refractivity contribution in [2.45, 2.75) is 336 Å². The van der Waals surface area contributed by atoms with Gasteiger partial charge in [-0.3, -0.25) is 14.4 Å². The summed E-state index contributed by atoms with van der Waals surface area (Å²) in [5.41, 5.74) is -7.06. The third-order valence-electron chi connectivity index (χ3n) is 27.6. The van der Waals surface area contributed by atoms with Crippen molar-refractivity contribution in [2.75, 3.05) is 33.0 Å². The number of amides is 1. The molecule has 17 unspecified atom stereocenters. The van der Waals surface area contributed by atoms with Gasteiger partial charge in [0.1, 0.15) is 140 Å². The lowest BCUT2D eigenvalue weighted by Crippen LogP contribution is -2.70. The Bertz CT molecular complexity index is 3380. The number of carbonyl (C=O) groups excluding carboxylic acids is 3. The molecular weight excluding hydrogens is 1510 g/mol. The van der Waals surface area contributed by atoms with E-state index in [1.54, 1.807) is 13.8 Å². The first-order valence-electron chi connectivity index (χ1n) is 38.5. The third kappa shape index (κ3) is 15.8. The number of esters is 1. The molecule has 11 fully saturated rings. The highest BCUT2D eigenvalue weighted by Crippen LogP contribution is 2.76. The fourth-order valence-electron chi connectivity index (χ4n) is 20.8. The zero-order chi connectivity index (χ0) is 81.9. The second-order valence-corrected chi connectivity index (χ2v) is 34.6. The van der Waals surface area contributed by atoms with E-state index in [-0.39, 0.29) is 45.6 Å². The Morgan fingerprint density at radius 1 is 0.575 bits per heavy atom. The summed E-state index contributed by atoms with van der Waals surface area (Å²) in [5, 5.41) is 213. The van der Waals surface area contributed by atoms with E-state index in [1.807, 2.05) is 20.8 Å². The number of aliphatic hydroxyl groups is 17. The number of nitrogens with one attached hydrogen (secondary N) is 1. The van der Waals surface area contributed by atoms with E-state index in [4.69, 9.17) is 66.3 Å². The smallest absolute Gasteiger partial charge is 0.335 e. The number of ether oxygens (including phenoxy) is 14. The van der Waals surface area contributed by atoms with Gasteiger partial charge in [0.15, 0.2) is 49.9 Å².